The lowest BCUT2D eigenvalue weighted by atomic mass is 9.85. The van der Waals surface area contributed by atoms with E-state index in [0.29, 0.717) is 6.07 Å². The predicted molar refractivity (Wildman–Crippen MR) is 48.5 cm³/mol. The first kappa shape index (κ1) is 11.3. The maximum absolute atomic E-state index is 12.4. The lowest BCUT2D eigenvalue weighted by molar-refractivity contribution is 0.135. The van der Waals surface area contributed by atoms with Crippen LogP contribution >= 0.6 is 0 Å². The van der Waals surface area contributed by atoms with E-state index >= 15 is 0 Å². The Morgan fingerprint density at radius 2 is 1.50 bits per heavy atom. The second-order valence-corrected chi connectivity index (χ2v) is 3.81. The standard InChI is InChI=1S/C10H10F4N2/c11-8(12)6-4-7(9(13)14)16-10(15-6)5-2-1-3-5/h4-5,8-9H,1-3H2. The average Bonchev–Trinajstić information content (AvgIpc) is 2.14. The van der Waals surface area contributed by atoms with Gasteiger partial charge in [-0.2, -0.15) is 0 Å². The van der Waals surface area contributed by atoms with Gasteiger partial charge in [-0.3, -0.25) is 0 Å². The van der Waals surface area contributed by atoms with Crippen molar-refractivity contribution in [3.05, 3.63) is 23.3 Å². The number of nitrogens with zero attached hydrogens (tertiary/aromatic N) is 2. The number of halogens is 4. The zero-order valence-electron chi connectivity index (χ0n) is 8.34. The van der Waals surface area contributed by atoms with Gasteiger partial charge in [0.05, 0.1) is 0 Å². The van der Waals surface area contributed by atoms with Crippen LogP contribution < -0.4 is 0 Å². The third-order valence-corrected chi connectivity index (χ3v) is 2.70. The maximum Gasteiger partial charge on any atom is 0.280 e. The largest absolute Gasteiger partial charge is 0.280 e. The summed E-state index contributed by atoms with van der Waals surface area (Å²) in [6.07, 6.45) is -3.12. The average molecular weight is 234 g/mol. The molecule has 0 aliphatic heterocycles. The van der Waals surface area contributed by atoms with Gasteiger partial charge in [-0.15, -0.1) is 0 Å². The first-order valence-corrected chi connectivity index (χ1v) is 5.03. The Bertz CT molecular complexity index is 351. The molecular formula is C10H10F4N2. The fraction of sp³-hybridized carbons (Fsp3) is 0.600. The molecule has 1 aliphatic rings. The topological polar surface area (TPSA) is 25.8 Å². The van der Waals surface area contributed by atoms with Crippen LogP contribution in [0, 0.1) is 0 Å². The molecule has 0 atom stereocenters. The molecule has 0 bridgehead atoms. The summed E-state index contributed by atoms with van der Waals surface area (Å²) in [5.41, 5.74) is -1.21. The van der Waals surface area contributed by atoms with Gasteiger partial charge in [-0.1, -0.05) is 6.42 Å². The van der Waals surface area contributed by atoms with Crippen molar-refractivity contribution in [1.82, 2.24) is 9.97 Å². The minimum atomic E-state index is -2.83. The van der Waals surface area contributed by atoms with Gasteiger partial charge in [0.2, 0.25) is 0 Å². The highest BCUT2D eigenvalue weighted by Gasteiger charge is 2.26. The molecular weight excluding hydrogens is 224 g/mol. The van der Waals surface area contributed by atoms with Crippen LogP contribution in [0.25, 0.3) is 0 Å². The van der Waals surface area contributed by atoms with Crippen molar-refractivity contribution in [1.29, 1.82) is 0 Å². The molecule has 1 heterocycles. The quantitative estimate of drug-likeness (QED) is 0.746. The normalized spacial score (nSPS) is 16.9. The second kappa shape index (κ2) is 4.35. The van der Waals surface area contributed by atoms with Crippen molar-refractivity contribution in [2.24, 2.45) is 0 Å². The molecule has 0 aromatic carbocycles. The Morgan fingerprint density at radius 3 is 1.81 bits per heavy atom. The van der Waals surface area contributed by atoms with Crippen LogP contribution in [-0.4, -0.2) is 9.97 Å². The van der Waals surface area contributed by atoms with Gasteiger partial charge in [-0.25, -0.2) is 27.5 Å². The van der Waals surface area contributed by atoms with Crippen LogP contribution in [0.4, 0.5) is 17.6 Å². The SMILES string of the molecule is FC(F)c1cc(C(F)F)nc(C2CCC2)n1. The molecule has 1 saturated carbocycles. The van der Waals surface area contributed by atoms with Crippen molar-refractivity contribution in [2.45, 2.75) is 38.0 Å². The highest BCUT2D eigenvalue weighted by molar-refractivity contribution is 5.16. The van der Waals surface area contributed by atoms with E-state index in [1.165, 1.54) is 0 Å². The van der Waals surface area contributed by atoms with Gasteiger partial charge in [-0.05, 0) is 18.9 Å². The van der Waals surface area contributed by atoms with E-state index in [9.17, 15) is 17.6 Å². The van der Waals surface area contributed by atoms with Gasteiger partial charge in [0, 0.05) is 5.92 Å². The fourth-order valence-electron chi connectivity index (χ4n) is 1.58. The second-order valence-electron chi connectivity index (χ2n) is 3.81. The molecule has 0 saturated heterocycles. The zero-order valence-corrected chi connectivity index (χ0v) is 8.34. The monoisotopic (exact) mass is 234 g/mol. The number of rotatable bonds is 3. The predicted octanol–water partition coefficient (Wildman–Crippen LogP) is 3.62. The van der Waals surface area contributed by atoms with Crippen LogP contribution in [0.15, 0.2) is 6.07 Å². The summed E-state index contributed by atoms with van der Waals surface area (Å²) >= 11 is 0. The molecule has 2 nitrogen and oxygen atoms in total. The molecule has 88 valence electrons. The number of hydrogen-bond donors (Lipinski definition) is 0. The fourth-order valence-corrected chi connectivity index (χ4v) is 1.58. The Hall–Kier alpha value is -1.20. The van der Waals surface area contributed by atoms with Gasteiger partial charge in [0.1, 0.15) is 17.2 Å². The minimum absolute atomic E-state index is 0.0313. The number of aromatic nitrogens is 2. The Balaban J connectivity index is 2.36. The molecule has 0 unspecified atom stereocenters. The molecule has 16 heavy (non-hydrogen) atoms. The Kier molecular flexibility index (Phi) is 3.07. The van der Waals surface area contributed by atoms with Gasteiger partial charge >= 0.3 is 0 Å². The summed E-state index contributed by atoms with van der Waals surface area (Å²) < 4.78 is 49.8. The van der Waals surface area contributed by atoms with Gasteiger partial charge in [0.15, 0.2) is 0 Å². The summed E-state index contributed by atoms with van der Waals surface area (Å²) in [6.45, 7) is 0. The van der Waals surface area contributed by atoms with Crippen LogP contribution in [0.1, 0.15) is 55.2 Å². The first-order valence-electron chi connectivity index (χ1n) is 5.03. The molecule has 1 aliphatic carbocycles. The lowest BCUT2D eigenvalue weighted by Gasteiger charge is -2.24. The van der Waals surface area contributed by atoms with Crippen molar-refractivity contribution >= 4 is 0 Å². The highest BCUT2D eigenvalue weighted by Crippen LogP contribution is 2.35. The third kappa shape index (κ3) is 2.15. The summed E-state index contributed by atoms with van der Waals surface area (Å²) in [6, 6.07) is 0.678. The molecule has 2 rings (SSSR count). The van der Waals surface area contributed by atoms with Crippen LogP contribution in [0.5, 0.6) is 0 Å². The minimum Gasteiger partial charge on any atom is -0.232 e. The van der Waals surface area contributed by atoms with Crippen molar-refractivity contribution in [3.8, 4) is 0 Å². The summed E-state index contributed by atoms with van der Waals surface area (Å²) in [4.78, 5) is 7.29. The molecule has 1 fully saturated rings. The summed E-state index contributed by atoms with van der Waals surface area (Å²) in [5, 5.41) is 0. The molecule has 1 aromatic heterocycles. The molecule has 0 amide bonds. The van der Waals surface area contributed by atoms with Crippen molar-refractivity contribution < 1.29 is 17.6 Å². The maximum atomic E-state index is 12.4. The number of hydrogen-bond acceptors (Lipinski definition) is 2. The summed E-state index contributed by atoms with van der Waals surface area (Å²) in [5.74, 6) is 0.107. The van der Waals surface area contributed by atoms with E-state index in [2.05, 4.69) is 9.97 Å². The Morgan fingerprint density at radius 1 is 1.00 bits per heavy atom. The van der Waals surface area contributed by atoms with E-state index in [0.717, 1.165) is 19.3 Å². The third-order valence-electron chi connectivity index (χ3n) is 2.70. The zero-order chi connectivity index (χ0) is 11.7. The van der Waals surface area contributed by atoms with Crippen LogP contribution in [0.3, 0.4) is 0 Å². The molecule has 0 N–H and O–H groups in total. The Labute approximate surface area is 89.7 Å². The van der Waals surface area contributed by atoms with E-state index in [1.807, 2.05) is 0 Å². The van der Waals surface area contributed by atoms with E-state index in [4.69, 9.17) is 0 Å². The highest BCUT2D eigenvalue weighted by atomic mass is 19.3. The lowest BCUT2D eigenvalue weighted by Crippen LogP contribution is -2.15. The van der Waals surface area contributed by atoms with E-state index < -0.39 is 24.2 Å². The smallest absolute Gasteiger partial charge is 0.232 e. The van der Waals surface area contributed by atoms with E-state index in [-0.39, 0.29) is 11.7 Å². The molecule has 0 spiro atoms. The first-order chi connectivity index (χ1) is 7.58. The van der Waals surface area contributed by atoms with E-state index in [1.54, 1.807) is 0 Å². The van der Waals surface area contributed by atoms with Crippen molar-refractivity contribution in [3.63, 3.8) is 0 Å². The molecule has 1 aromatic rings. The van der Waals surface area contributed by atoms with Crippen LogP contribution in [-0.2, 0) is 0 Å². The van der Waals surface area contributed by atoms with Crippen molar-refractivity contribution in [2.75, 3.05) is 0 Å². The molecule has 6 heteroatoms. The summed E-state index contributed by atoms with van der Waals surface area (Å²) in [7, 11) is 0. The van der Waals surface area contributed by atoms with Crippen LogP contribution in [0.2, 0.25) is 0 Å². The van der Waals surface area contributed by atoms with Gasteiger partial charge in [0.25, 0.3) is 12.9 Å². The number of alkyl halides is 4. The van der Waals surface area contributed by atoms with Gasteiger partial charge < -0.3 is 0 Å². The molecule has 0 radical (unpaired) electrons.